The Morgan fingerprint density at radius 1 is 1.30 bits per heavy atom. The van der Waals surface area contributed by atoms with Crippen LogP contribution in [0.3, 0.4) is 0 Å². The molecule has 1 aliphatic rings. The number of furan rings is 1. The third kappa shape index (κ3) is 2.65. The van der Waals surface area contributed by atoms with Gasteiger partial charge >= 0.3 is 0 Å². The van der Waals surface area contributed by atoms with Crippen LogP contribution in [0.15, 0.2) is 46.9 Å². The summed E-state index contributed by atoms with van der Waals surface area (Å²) in [5.41, 5.74) is 1.59. The van der Waals surface area contributed by atoms with E-state index in [0.717, 1.165) is 28.3 Å². The van der Waals surface area contributed by atoms with Crippen LogP contribution in [-0.4, -0.2) is 22.8 Å². The second kappa shape index (κ2) is 5.30. The standard InChI is InChI=1S/C19H20N2O2/c1-12-9-15(12)18-8-7-14(23-18)11-21(2)19(22)17-10-13-5-3-4-6-16(13)20-17/h3-8,10,12,15,20H,9,11H2,1-2H3. The minimum absolute atomic E-state index is 0.0288. The summed E-state index contributed by atoms with van der Waals surface area (Å²) < 4.78 is 5.89. The van der Waals surface area contributed by atoms with Gasteiger partial charge < -0.3 is 14.3 Å². The average molecular weight is 308 g/mol. The van der Waals surface area contributed by atoms with Crippen LogP contribution < -0.4 is 0 Å². The second-order valence-electron chi connectivity index (χ2n) is 6.56. The Balaban J connectivity index is 1.48. The average Bonchev–Trinajstić information content (AvgIpc) is 2.97. The Morgan fingerprint density at radius 3 is 2.83 bits per heavy atom. The Labute approximate surface area is 135 Å². The monoisotopic (exact) mass is 308 g/mol. The molecule has 118 valence electrons. The van der Waals surface area contributed by atoms with Gasteiger partial charge in [0.1, 0.15) is 17.2 Å². The number of carbonyl (C=O) groups excluding carboxylic acids is 1. The van der Waals surface area contributed by atoms with Gasteiger partial charge in [-0.25, -0.2) is 0 Å². The number of hydrogen-bond donors (Lipinski definition) is 1. The summed E-state index contributed by atoms with van der Waals surface area (Å²) in [6.07, 6.45) is 1.21. The molecule has 1 aliphatic carbocycles. The third-order valence-electron chi connectivity index (χ3n) is 4.66. The molecule has 1 saturated carbocycles. The summed E-state index contributed by atoms with van der Waals surface area (Å²) in [5.74, 6) is 3.15. The number of rotatable bonds is 4. The molecule has 4 heteroatoms. The predicted molar refractivity (Wildman–Crippen MR) is 89.3 cm³/mol. The number of carbonyl (C=O) groups is 1. The van der Waals surface area contributed by atoms with Crippen molar-refractivity contribution < 1.29 is 9.21 Å². The summed E-state index contributed by atoms with van der Waals surface area (Å²) in [7, 11) is 1.80. The van der Waals surface area contributed by atoms with E-state index < -0.39 is 0 Å². The predicted octanol–water partition coefficient (Wildman–Crippen LogP) is 4.16. The molecule has 23 heavy (non-hydrogen) atoms. The first-order valence-corrected chi connectivity index (χ1v) is 8.03. The first-order chi connectivity index (χ1) is 11.1. The minimum atomic E-state index is -0.0288. The molecule has 1 N–H and O–H groups in total. The number of nitrogens with one attached hydrogen (secondary N) is 1. The zero-order valence-corrected chi connectivity index (χ0v) is 13.4. The quantitative estimate of drug-likeness (QED) is 0.787. The van der Waals surface area contributed by atoms with E-state index in [-0.39, 0.29) is 5.91 Å². The highest BCUT2D eigenvalue weighted by molar-refractivity contribution is 5.97. The van der Waals surface area contributed by atoms with E-state index in [1.165, 1.54) is 6.42 Å². The van der Waals surface area contributed by atoms with Crippen LogP contribution >= 0.6 is 0 Å². The molecule has 0 bridgehead atoms. The maximum Gasteiger partial charge on any atom is 0.270 e. The molecule has 4 rings (SSSR count). The highest BCUT2D eigenvalue weighted by atomic mass is 16.3. The van der Waals surface area contributed by atoms with Gasteiger partial charge in [0.05, 0.1) is 6.54 Å². The fourth-order valence-electron chi connectivity index (χ4n) is 3.10. The lowest BCUT2D eigenvalue weighted by Gasteiger charge is -2.14. The van der Waals surface area contributed by atoms with E-state index in [1.807, 2.05) is 42.5 Å². The van der Waals surface area contributed by atoms with Crippen molar-refractivity contribution in [3.63, 3.8) is 0 Å². The van der Waals surface area contributed by atoms with E-state index in [9.17, 15) is 4.79 Å². The van der Waals surface area contributed by atoms with Gasteiger partial charge in [-0.2, -0.15) is 0 Å². The van der Waals surface area contributed by atoms with Crippen LogP contribution in [0.25, 0.3) is 10.9 Å². The molecule has 2 heterocycles. The number of benzene rings is 1. The molecule has 2 atom stereocenters. The van der Waals surface area contributed by atoms with Gasteiger partial charge in [-0.15, -0.1) is 0 Å². The first-order valence-electron chi connectivity index (χ1n) is 8.03. The van der Waals surface area contributed by atoms with Gasteiger partial charge in [0, 0.05) is 23.9 Å². The number of H-pyrrole nitrogens is 1. The highest BCUT2D eigenvalue weighted by Crippen LogP contribution is 2.47. The highest BCUT2D eigenvalue weighted by Gasteiger charge is 2.36. The van der Waals surface area contributed by atoms with Crippen LogP contribution in [0.5, 0.6) is 0 Å². The Bertz CT molecular complexity index is 828. The van der Waals surface area contributed by atoms with E-state index >= 15 is 0 Å². The molecule has 0 radical (unpaired) electrons. The van der Waals surface area contributed by atoms with Crippen molar-refractivity contribution in [2.75, 3.05) is 7.05 Å². The van der Waals surface area contributed by atoms with Crippen LogP contribution in [-0.2, 0) is 6.54 Å². The van der Waals surface area contributed by atoms with E-state index in [2.05, 4.69) is 11.9 Å². The van der Waals surface area contributed by atoms with Crippen LogP contribution in [0.4, 0.5) is 0 Å². The number of aromatic amines is 1. The summed E-state index contributed by atoms with van der Waals surface area (Å²) in [5, 5.41) is 1.05. The van der Waals surface area contributed by atoms with Crippen LogP contribution in [0.1, 0.15) is 41.3 Å². The molecular weight excluding hydrogens is 288 g/mol. The van der Waals surface area contributed by atoms with Gasteiger partial charge in [0.25, 0.3) is 5.91 Å². The van der Waals surface area contributed by atoms with Gasteiger partial charge in [-0.05, 0) is 36.6 Å². The number of hydrogen-bond acceptors (Lipinski definition) is 2. The number of nitrogens with zero attached hydrogens (tertiary/aromatic N) is 1. The normalized spacial score (nSPS) is 19.9. The molecule has 2 unspecified atom stereocenters. The topological polar surface area (TPSA) is 49.2 Å². The summed E-state index contributed by atoms with van der Waals surface area (Å²) in [6, 6.07) is 13.8. The van der Waals surface area contributed by atoms with Crippen molar-refractivity contribution in [3.8, 4) is 0 Å². The molecule has 1 aromatic carbocycles. The van der Waals surface area contributed by atoms with Gasteiger partial charge in [0.15, 0.2) is 0 Å². The first kappa shape index (κ1) is 14.1. The molecule has 1 amide bonds. The van der Waals surface area contributed by atoms with Gasteiger partial charge in [0.2, 0.25) is 0 Å². The van der Waals surface area contributed by atoms with Crippen LogP contribution in [0.2, 0.25) is 0 Å². The molecule has 4 nitrogen and oxygen atoms in total. The maximum absolute atomic E-state index is 12.6. The number of amides is 1. The fourth-order valence-corrected chi connectivity index (χ4v) is 3.10. The number of para-hydroxylation sites is 1. The van der Waals surface area contributed by atoms with Crippen molar-refractivity contribution in [1.29, 1.82) is 0 Å². The molecule has 2 aromatic heterocycles. The maximum atomic E-state index is 12.6. The van der Waals surface area contributed by atoms with Crippen molar-refractivity contribution in [3.05, 3.63) is 59.7 Å². The molecular formula is C19H20N2O2. The summed E-state index contributed by atoms with van der Waals surface area (Å²) in [6.45, 7) is 2.72. The van der Waals surface area contributed by atoms with Crippen molar-refractivity contribution >= 4 is 16.8 Å². The molecule has 1 fully saturated rings. The molecule has 0 saturated heterocycles. The largest absolute Gasteiger partial charge is 0.464 e. The van der Waals surface area contributed by atoms with Gasteiger partial charge in [-0.1, -0.05) is 25.1 Å². The number of aromatic nitrogens is 1. The van der Waals surface area contributed by atoms with E-state index in [0.29, 0.717) is 18.2 Å². The smallest absolute Gasteiger partial charge is 0.270 e. The van der Waals surface area contributed by atoms with E-state index in [1.54, 1.807) is 11.9 Å². The zero-order chi connectivity index (χ0) is 16.0. The van der Waals surface area contributed by atoms with Crippen molar-refractivity contribution in [2.45, 2.75) is 25.8 Å². The SMILES string of the molecule is CC1CC1c1ccc(CN(C)C(=O)c2cc3ccccc3[nH]2)o1. The molecule has 0 aliphatic heterocycles. The second-order valence-corrected chi connectivity index (χ2v) is 6.56. The third-order valence-corrected chi connectivity index (χ3v) is 4.66. The number of fused-ring (bicyclic) bond motifs is 1. The lowest BCUT2D eigenvalue weighted by atomic mass is 10.2. The fraction of sp³-hybridized carbons (Fsp3) is 0.316. The van der Waals surface area contributed by atoms with E-state index in [4.69, 9.17) is 4.42 Å². The molecule has 3 aromatic rings. The van der Waals surface area contributed by atoms with Gasteiger partial charge in [-0.3, -0.25) is 4.79 Å². The summed E-state index contributed by atoms with van der Waals surface area (Å²) >= 11 is 0. The molecule has 0 spiro atoms. The zero-order valence-electron chi connectivity index (χ0n) is 13.4. The Morgan fingerprint density at radius 2 is 2.09 bits per heavy atom. The summed E-state index contributed by atoms with van der Waals surface area (Å²) in [4.78, 5) is 17.4. The van der Waals surface area contributed by atoms with Crippen molar-refractivity contribution in [1.82, 2.24) is 9.88 Å². The van der Waals surface area contributed by atoms with Crippen molar-refractivity contribution in [2.24, 2.45) is 5.92 Å². The Kier molecular flexibility index (Phi) is 3.26. The lowest BCUT2D eigenvalue weighted by molar-refractivity contribution is 0.0770. The minimum Gasteiger partial charge on any atom is -0.464 e. The Hall–Kier alpha value is -2.49. The lowest BCUT2D eigenvalue weighted by Crippen LogP contribution is -2.26. The van der Waals surface area contributed by atoms with Crippen LogP contribution in [0, 0.1) is 5.92 Å².